The highest BCUT2D eigenvalue weighted by Crippen LogP contribution is 2.62. The van der Waals surface area contributed by atoms with Crippen LogP contribution in [-0.4, -0.2) is 29.3 Å². The molecule has 4 nitrogen and oxygen atoms in total. The molecule has 1 unspecified atom stereocenters. The minimum absolute atomic E-state index is 0.0681. The van der Waals surface area contributed by atoms with E-state index in [1.807, 2.05) is 19.1 Å². The van der Waals surface area contributed by atoms with Gasteiger partial charge in [-0.15, -0.1) is 0 Å². The highest BCUT2D eigenvalue weighted by molar-refractivity contribution is 6.31. The van der Waals surface area contributed by atoms with Gasteiger partial charge >= 0.3 is 6.03 Å². The zero-order chi connectivity index (χ0) is 24.3. The molecule has 1 heterocycles. The number of nitrogens with one attached hydrogen (secondary N) is 1. The average molecular weight is 478 g/mol. The summed E-state index contributed by atoms with van der Waals surface area (Å²) in [4.78, 5) is 13.5. The molecule has 180 valence electrons. The first-order valence-corrected chi connectivity index (χ1v) is 12.9. The van der Waals surface area contributed by atoms with Crippen molar-refractivity contribution in [2.75, 3.05) is 6.54 Å². The summed E-state index contributed by atoms with van der Waals surface area (Å²) in [6.45, 7) is 11.7. The molecule has 0 aromatic heterocycles. The first kappa shape index (κ1) is 23.4. The SMILES string of the molecule is Cc1ccc(CC2CN(C(=O)N[C@H]3C(C)(C)[C@H]4CC[C@]3(C)C4)N=C2c2ccc(Cl)c(C)c2)cc1. The Labute approximate surface area is 208 Å². The van der Waals surface area contributed by atoms with Crippen LogP contribution < -0.4 is 5.32 Å². The van der Waals surface area contributed by atoms with E-state index in [9.17, 15) is 4.79 Å². The molecule has 34 heavy (non-hydrogen) atoms. The van der Waals surface area contributed by atoms with Crippen LogP contribution in [0.5, 0.6) is 0 Å². The van der Waals surface area contributed by atoms with Crippen molar-refractivity contribution in [1.29, 1.82) is 0 Å². The lowest BCUT2D eigenvalue weighted by Gasteiger charge is -2.43. The zero-order valence-electron chi connectivity index (χ0n) is 21.0. The van der Waals surface area contributed by atoms with Gasteiger partial charge in [-0.2, -0.15) is 5.10 Å². The summed E-state index contributed by atoms with van der Waals surface area (Å²) in [6.07, 6.45) is 4.52. The number of carbonyl (C=O) groups excluding carboxylic acids is 1. The molecule has 2 aliphatic carbocycles. The fourth-order valence-electron chi connectivity index (χ4n) is 6.80. The Hall–Kier alpha value is -2.33. The van der Waals surface area contributed by atoms with Crippen LogP contribution in [0.4, 0.5) is 4.79 Å². The van der Waals surface area contributed by atoms with Crippen molar-refractivity contribution in [1.82, 2.24) is 10.3 Å². The second kappa shape index (κ2) is 8.41. The number of halogens is 1. The van der Waals surface area contributed by atoms with E-state index >= 15 is 0 Å². The Balaban J connectivity index is 1.41. The molecular formula is C29H36ClN3O. The minimum atomic E-state index is -0.0681. The van der Waals surface area contributed by atoms with Crippen LogP contribution in [0.3, 0.4) is 0 Å². The number of benzene rings is 2. The highest BCUT2D eigenvalue weighted by atomic mass is 35.5. The quantitative estimate of drug-likeness (QED) is 0.519. The Morgan fingerprint density at radius 2 is 1.88 bits per heavy atom. The molecule has 3 aliphatic rings. The van der Waals surface area contributed by atoms with Crippen molar-refractivity contribution < 1.29 is 4.79 Å². The number of hydrazone groups is 1. The van der Waals surface area contributed by atoms with Gasteiger partial charge in [0.1, 0.15) is 0 Å². The van der Waals surface area contributed by atoms with E-state index in [-0.39, 0.29) is 28.8 Å². The summed E-state index contributed by atoms with van der Waals surface area (Å²) in [7, 11) is 0. The molecule has 5 rings (SSSR count). The van der Waals surface area contributed by atoms with Gasteiger partial charge in [-0.1, -0.05) is 68.3 Å². The summed E-state index contributed by atoms with van der Waals surface area (Å²) in [5, 5.41) is 10.7. The van der Waals surface area contributed by atoms with Gasteiger partial charge in [-0.05, 0) is 85.1 Å². The van der Waals surface area contributed by atoms with Gasteiger partial charge in [0.05, 0.1) is 12.3 Å². The number of urea groups is 1. The summed E-state index contributed by atoms with van der Waals surface area (Å²) >= 11 is 6.30. The van der Waals surface area contributed by atoms with Gasteiger partial charge < -0.3 is 5.32 Å². The molecule has 1 aliphatic heterocycles. The Kier molecular flexibility index (Phi) is 5.79. The van der Waals surface area contributed by atoms with Crippen LogP contribution >= 0.6 is 11.6 Å². The third-order valence-electron chi connectivity index (χ3n) is 8.84. The van der Waals surface area contributed by atoms with Gasteiger partial charge in [0.15, 0.2) is 0 Å². The Bertz CT molecular complexity index is 1130. The number of fused-ring (bicyclic) bond motifs is 2. The molecule has 4 atom stereocenters. The fourth-order valence-corrected chi connectivity index (χ4v) is 6.92. The topological polar surface area (TPSA) is 44.7 Å². The predicted octanol–water partition coefficient (Wildman–Crippen LogP) is 6.76. The Morgan fingerprint density at radius 1 is 1.15 bits per heavy atom. The number of nitrogens with zero attached hydrogens (tertiary/aromatic N) is 2. The molecule has 2 amide bonds. The molecule has 0 saturated heterocycles. The van der Waals surface area contributed by atoms with Crippen LogP contribution in [0.2, 0.25) is 5.02 Å². The number of carbonyl (C=O) groups is 1. The molecule has 2 aromatic carbocycles. The lowest BCUT2D eigenvalue weighted by molar-refractivity contribution is 0.105. The summed E-state index contributed by atoms with van der Waals surface area (Å²) in [5.74, 6) is 0.824. The van der Waals surface area contributed by atoms with Crippen molar-refractivity contribution in [3.05, 3.63) is 69.7 Å². The van der Waals surface area contributed by atoms with E-state index in [1.54, 1.807) is 5.01 Å². The maximum Gasteiger partial charge on any atom is 0.338 e. The molecule has 2 aromatic rings. The van der Waals surface area contributed by atoms with Crippen molar-refractivity contribution in [2.45, 2.75) is 66.3 Å². The molecule has 1 N–H and O–H groups in total. The highest BCUT2D eigenvalue weighted by Gasteiger charge is 2.60. The van der Waals surface area contributed by atoms with E-state index in [1.165, 1.54) is 30.4 Å². The van der Waals surface area contributed by atoms with E-state index in [0.29, 0.717) is 12.5 Å². The molecule has 2 bridgehead atoms. The van der Waals surface area contributed by atoms with Crippen molar-refractivity contribution >= 4 is 23.3 Å². The summed E-state index contributed by atoms with van der Waals surface area (Å²) in [5.41, 5.74) is 5.85. The first-order chi connectivity index (χ1) is 16.1. The molecule has 5 heteroatoms. The van der Waals surface area contributed by atoms with Crippen LogP contribution in [0, 0.1) is 36.5 Å². The molecule has 0 radical (unpaired) electrons. The second-order valence-electron chi connectivity index (χ2n) is 11.7. The zero-order valence-corrected chi connectivity index (χ0v) is 21.7. The monoisotopic (exact) mass is 477 g/mol. The summed E-state index contributed by atoms with van der Waals surface area (Å²) < 4.78 is 0. The van der Waals surface area contributed by atoms with Gasteiger partial charge in [-0.25, -0.2) is 9.80 Å². The lowest BCUT2D eigenvalue weighted by atomic mass is 9.68. The number of aryl methyl sites for hydroxylation is 2. The number of hydrogen-bond donors (Lipinski definition) is 1. The van der Waals surface area contributed by atoms with Gasteiger partial charge in [0, 0.05) is 17.0 Å². The third kappa shape index (κ3) is 4.04. The number of amides is 2. The smallest absolute Gasteiger partial charge is 0.333 e. The normalized spacial score (nSPS) is 29.4. The van der Waals surface area contributed by atoms with Crippen LogP contribution in [0.1, 0.15) is 62.3 Å². The predicted molar refractivity (Wildman–Crippen MR) is 139 cm³/mol. The molecule has 2 saturated carbocycles. The molecule has 0 spiro atoms. The second-order valence-corrected chi connectivity index (χ2v) is 12.1. The van der Waals surface area contributed by atoms with Crippen molar-refractivity contribution in [3.8, 4) is 0 Å². The standard InChI is InChI=1S/C29H36ClN3O/c1-18-6-8-20(9-7-18)15-22-17-33(32-25(22)21-10-11-24(30)19(2)14-21)27(34)31-26-28(3,4)23-12-13-29(26,5)16-23/h6-11,14,22-23,26H,12-13,15-17H2,1-5H3,(H,31,34)/t22?,23-,26-,29+/m0/s1. The van der Waals surface area contributed by atoms with Crippen LogP contribution in [-0.2, 0) is 6.42 Å². The van der Waals surface area contributed by atoms with Crippen LogP contribution in [0.15, 0.2) is 47.6 Å². The number of rotatable bonds is 4. The van der Waals surface area contributed by atoms with E-state index in [4.69, 9.17) is 16.7 Å². The van der Waals surface area contributed by atoms with Crippen molar-refractivity contribution in [2.24, 2.45) is 27.8 Å². The fraction of sp³-hybridized carbons (Fsp3) is 0.517. The van der Waals surface area contributed by atoms with Gasteiger partial charge in [0.2, 0.25) is 0 Å². The first-order valence-electron chi connectivity index (χ1n) is 12.6. The van der Waals surface area contributed by atoms with E-state index in [2.05, 4.69) is 63.3 Å². The van der Waals surface area contributed by atoms with E-state index in [0.717, 1.165) is 28.3 Å². The van der Waals surface area contributed by atoms with Gasteiger partial charge in [0.25, 0.3) is 0 Å². The van der Waals surface area contributed by atoms with Crippen molar-refractivity contribution in [3.63, 3.8) is 0 Å². The van der Waals surface area contributed by atoms with E-state index < -0.39 is 0 Å². The lowest BCUT2D eigenvalue weighted by Crippen LogP contribution is -2.54. The average Bonchev–Trinajstić information content (AvgIpc) is 3.44. The molecule has 2 fully saturated rings. The number of hydrogen-bond acceptors (Lipinski definition) is 2. The minimum Gasteiger partial charge on any atom is -0.333 e. The molecular weight excluding hydrogens is 442 g/mol. The van der Waals surface area contributed by atoms with Gasteiger partial charge in [-0.3, -0.25) is 0 Å². The summed E-state index contributed by atoms with van der Waals surface area (Å²) in [6, 6.07) is 14.8. The van der Waals surface area contributed by atoms with Crippen LogP contribution in [0.25, 0.3) is 0 Å². The Morgan fingerprint density at radius 3 is 2.53 bits per heavy atom. The maximum atomic E-state index is 13.5. The maximum absolute atomic E-state index is 13.5. The third-order valence-corrected chi connectivity index (χ3v) is 9.26. The largest absolute Gasteiger partial charge is 0.338 e.